The van der Waals surface area contributed by atoms with E-state index in [4.69, 9.17) is 4.74 Å². The number of hydrogen-bond acceptors (Lipinski definition) is 4. The molecule has 1 amide bonds. The molecule has 4 nitrogen and oxygen atoms in total. The number of rotatable bonds is 8. The summed E-state index contributed by atoms with van der Waals surface area (Å²) in [5.41, 5.74) is 0. The molecule has 124 valence electrons. The Hall–Kier alpha value is -1.92. The van der Waals surface area contributed by atoms with Gasteiger partial charge in [0.05, 0.1) is 13.1 Å². The van der Waals surface area contributed by atoms with E-state index in [1.807, 2.05) is 36.5 Å². The lowest BCUT2D eigenvalue weighted by Crippen LogP contribution is -2.37. The Morgan fingerprint density at radius 2 is 1.96 bits per heavy atom. The van der Waals surface area contributed by atoms with Crippen molar-refractivity contribution >= 4 is 17.2 Å². The monoisotopic (exact) mass is 336 g/mol. The highest BCUT2D eigenvalue weighted by Gasteiger charge is 2.12. The second kappa shape index (κ2) is 8.64. The quantitative estimate of drug-likeness (QED) is 0.743. The van der Waals surface area contributed by atoms with Gasteiger partial charge >= 0.3 is 0 Å². The summed E-state index contributed by atoms with van der Waals surface area (Å²) in [5, 5.41) is 2.01. The lowest BCUT2D eigenvalue weighted by atomic mass is 10.3. The number of hydrogen-bond donors (Lipinski definition) is 0. The molecule has 0 spiro atoms. The Morgan fingerprint density at radius 3 is 2.61 bits per heavy atom. The Balaban J connectivity index is 1.68. The molecule has 0 aliphatic rings. The van der Waals surface area contributed by atoms with E-state index in [9.17, 15) is 9.18 Å². The van der Waals surface area contributed by atoms with Crippen molar-refractivity contribution in [3.05, 3.63) is 52.5 Å². The van der Waals surface area contributed by atoms with Crippen LogP contribution in [0.25, 0.3) is 0 Å². The normalized spacial score (nSPS) is 10.8. The first-order chi connectivity index (χ1) is 11.0. The number of halogens is 1. The second-order valence-electron chi connectivity index (χ2n) is 5.37. The van der Waals surface area contributed by atoms with E-state index < -0.39 is 0 Å². The average Bonchev–Trinajstić information content (AvgIpc) is 3.02. The molecule has 1 aromatic heterocycles. The zero-order valence-electron chi connectivity index (χ0n) is 13.4. The van der Waals surface area contributed by atoms with Crippen LogP contribution in [0.1, 0.15) is 4.88 Å². The smallest absolute Gasteiger partial charge is 0.236 e. The Morgan fingerprint density at radius 1 is 1.22 bits per heavy atom. The standard InChI is InChI=1S/C17H21FN2O2S/c1-19(9-10-22-15-7-5-14(18)6-8-15)13-17(21)20(2)12-16-4-3-11-23-16/h3-8,11H,9-10,12-13H2,1-2H3. The van der Waals surface area contributed by atoms with Gasteiger partial charge in [-0.1, -0.05) is 6.07 Å². The van der Waals surface area contributed by atoms with Crippen LogP contribution >= 0.6 is 11.3 Å². The number of ether oxygens (including phenoxy) is 1. The van der Waals surface area contributed by atoms with Crippen molar-refractivity contribution in [1.82, 2.24) is 9.80 Å². The second-order valence-corrected chi connectivity index (χ2v) is 6.40. The maximum atomic E-state index is 12.8. The van der Waals surface area contributed by atoms with Crippen LogP contribution in [-0.4, -0.2) is 49.5 Å². The number of carbonyl (C=O) groups is 1. The van der Waals surface area contributed by atoms with E-state index in [-0.39, 0.29) is 11.7 Å². The third kappa shape index (κ3) is 6.00. The fourth-order valence-corrected chi connectivity index (χ4v) is 2.76. The molecule has 0 radical (unpaired) electrons. The molecule has 0 saturated heterocycles. The van der Waals surface area contributed by atoms with Crippen molar-refractivity contribution in [2.45, 2.75) is 6.54 Å². The fraction of sp³-hybridized carbons (Fsp3) is 0.353. The number of amides is 1. The Labute approximate surface area is 140 Å². The molecule has 0 saturated carbocycles. The van der Waals surface area contributed by atoms with Crippen LogP contribution in [-0.2, 0) is 11.3 Å². The first kappa shape index (κ1) is 17.4. The van der Waals surface area contributed by atoms with Crippen LogP contribution in [0.5, 0.6) is 5.75 Å². The van der Waals surface area contributed by atoms with Gasteiger partial charge in [-0.2, -0.15) is 0 Å². The maximum absolute atomic E-state index is 12.8. The lowest BCUT2D eigenvalue weighted by molar-refractivity contribution is -0.131. The van der Waals surface area contributed by atoms with Gasteiger partial charge in [0.25, 0.3) is 0 Å². The van der Waals surface area contributed by atoms with Crippen LogP contribution in [0.4, 0.5) is 4.39 Å². The zero-order valence-corrected chi connectivity index (χ0v) is 14.2. The third-order valence-corrected chi connectivity index (χ3v) is 4.22. The van der Waals surface area contributed by atoms with Crippen molar-refractivity contribution in [3.8, 4) is 5.75 Å². The molecule has 6 heteroatoms. The number of carbonyl (C=O) groups excluding carboxylic acids is 1. The highest BCUT2D eigenvalue weighted by molar-refractivity contribution is 7.09. The third-order valence-electron chi connectivity index (χ3n) is 3.36. The summed E-state index contributed by atoms with van der Waals surface area (Å²) in [6.45, 7) is 2.05. The zero-order chi connectivity index (χ0) is 16.7. The number of benzene rings is 1. The maximum Gasteiger partial charge on any atom is 0.236 e. The molecule has 0 bridgehead atoms. The molecule has 0 aliphatic heterocycles. The SMILES string of the molecule is CN(CCOc1ccc(F)cc1)CC(=O)N(C)Cc1cccs1. The van der Waals surface area contributed by atoms with Gasteiger partial charge in [-0.25, -0.2) is 4.39 Å². The van der Waals surface area contributed by atoms with Gasteiger partial charge in [0.2, 0.25) is 5.91 Å². The number of nitrogens with zero attached hydrogens (tertiary/aromatic N) is 2. The van der Waals surface area contributed by atoms with E-state index >= 15 is 0 Å². The molecular formula is C17H21FN2O2S. The minimum Gasteiger partial charge on any atom is -0.492 e. The lowest BCUT2D eigenvalue weighted by Gasteiger charge is -2.21. The average molecular weight is 336 g/mol. The van der Waals surface area contributed by atoms with Gasteiger partial charge in [-0.3, -0.25) is 9.69 Å². The summed E-state index contributed by atoms with van der Waals surface area (Å²) in [6, 6.07) is 9.92. The molecule has 23 heavy (non-hydrogen) atoms. The molecule has 2 aromatic rings. The first-order valence-electron chi connectivity index (χ1n) is 7.38. The molecule has 1 heterocycles. The van der Waals surface area contributed by atoms with Crippen molar-refractivity contribution in [3.63, 3.8) is 0 Å². The van der Waals surface area contributed by atoms with Crippen LogP contribution in [0.15, 0.2) is 41.8 Å². The van der Waals surface area contributed by atoms with E-state index in [1.165, 1.54) is 17.0 Å². The van der Waals surface area contributed by atoms with Crippen molar-refractivity contribution in [2.24, 2.45) is 0 Å². The highest BCUT2D eigenvalue weighted by atomic mass is 32.1. The molecule has 0 N–H and O–H groups in total. The topological polar surface area (TPSA) is 32.8 Å². The van der Waals surface area contributed by atoms with Gasteiger partial charge in [0.1, 0.15) is 18.2 Å². The summed E-state index contributed by atoms with van der Waals surface area (Å²) in [4.78, 5) is 17.0. The summed E-state index contributed by atoms with van der Waals surface area (Å²) >= 11 is 1.65. The summed E-state index contributed by atoms with van der Waals surface area (Å²) in [5.74, 6) is 0.414. The van der Waals surface area contributed by atoms with E-state index in [0.29, 0.717) is 32.0 Å². The van der Waals surface area contributed by atoms with Crippen molar-refractivity contribution in [1.29, 1.82) is 0 Å². The van der Waals surface area contributed by atoms with Gasteiger partial charge in [-0.15, -0.1) is 11.3 Å². The highest BCUT2D eigenvalue weighted by Crippen LogP contribution is 2.12. The number of thiophene rings is 1. The van der Waals surface area contributed by atoms with Gasteiger partial charge < -0.3 is 9.64 Å². The molecular weight excluding hydrogens is 315 g/mol. The minimum atomic E-state index is -0.283. The molecule has 0 unspecified atom stereocenters. The Bertz CT molecular complexity index is 602. The summed E-state index contributed by atoms with van der Waals surface area (Å²) < 4.78 is 18.3. The van der Waals surface area contributed by atoms with Crippen LogP contribution in [0, 0.1) is 5.82 Å². The van der Waals surface area contributed by atoms with Crippen LogP contribution < -0.4 is 4.74 Å². The van der Waals surface area contributed by atoms with Gasteiger partial charge in [-0.05, 0) is 42.8 Å². The minimum absolute atomic E-state index is 0.0719. The fourth-order valence-electron chi connectivity index (χ4n) is 2.01. The van der Waals surface area contributed by atoms with Crippen LogP contribution in [0.2, 0.25) is 0 Å². The molecule has 0 atom stereocenters. The van der Waals surface area contributed by atoms with Gasteiger partial charge in [0, 0.05) is 18.5 Å². The van der Waals surface area contributed by atoms with Gasteiger partial charge in [0.15, 0.2) is 0 Å². The Kier molecular flexibility index (Phi) is 6.55. The molecule has 2 rings (SSSR count). The van der Waals surface area contributed by atoms with E-state index in [1.54, 1.807) is 28.4 Å². The van der Waals surface area contributed by atoms with Crippen molar-refractivity contribution in [2.75, 3.05) is 33.8 Å². The predicted molar refractivity (Wildman–Crippen MR) is 90.2 cm³/mol. The van der Waals surface area contributed by atoms with E-state index in [0.717, 1.165) is 0 Å². The molecule has 1 aromatic carbocycles. The number of likely N-dealkylation sites (N-methyl/N-ethyl adjacent to an activating group) is 2. The first-order valence-corrected chi connectivity index (χ1v) is 8.26. The largest absolute Gasteiger partial charge is 0.492 e. The summed E-state index contributed by atoms with van der Waals surface area (Å²) in [6.07, 6.45) is 0. The predicted octanol–water partition coefficient (Wildman–Crippen LogP) is 2.86. The molecule has 0 aliphatic carbocycles. The summed E-state index contributed by atoms with van der Waals surface area (Å²) in [7, 11) is 3.69. The van der Waals surface area contributed by atoms with Crippen molar-refractivity contribution < 1.29 is 13.9 Å². The van der Waals surface area contributed by atoms with E-state index in [2.05, 4.69) is 0 Å². The molecule has 0 fully saturated rings. The van der Waals surface area contributed by atoms with Crippen LogP contribution in [0.3, 0.4) is 0 Å².